The van der Waals surface area contributed by atoms with Crippen LogP contribution in [-0.2, 0) is 17.9 Å². The molecule has 5 nitrogen and oxygen atoms in total. The summed E-state index contributed by atoms with van der Waals surface area (Å²) in [7, 11) is 1.64. The molecular formula is C13H22N2O3. The van der Waals surface area contributed by atoms with Crippen LogP contribution in [0.2, 0.25) is 0 Å². The molecule has 1 saturated carbocycles. The van der Waals surface area contributed by atoms with Gasteiger partial charge in [-0.25, -0.2) is 0 Å². The monoisotopic (exact) mass is 254 g/mol. The van der Waals surface area contributed by atoms with Crippen LogP contribution < -0.4 is 0 Å². The van der Waals surface area contributed by atoms with Crippen molar-refractivity contribution in [2.75, 3.05) is 20.3 Å². The molecule has 1 aliphatic rings. The summed E-state index contributed by atoms with van der Waals surface area (Å²) in [6.07, 6.45) is 5.03. The van der Waals surface area contributed by atoms with E-state index < -0.39 is 0 Å². The van der Waals surface area contributed by atoms with Gasteiger partial charge in [-0.05, 0) is 12.8 Å². The minimum atomic E-state index is 0.194. The quantitative estimate of drug-likeness (QED) is 0.800. The van der Waals surface area contributed by atoms with Gasteiger partial charge in [0.05, 0.1) is 12.3 Å². The zero-order chi connectivity index (χ0) is 12.8. The maximum absolute atomic E-state index is 9.16. The zero-order valence-electron chi connectivity index (χ0n) is 11.0. The second-order valence-corrected chi connectivity index (χ2v) is 4.85. The summed E-state index contributed by atoms with van der Waals surface area (Å²) in [5, 5.41) is 13.2. The average molecular weight is 254 g/mol. The lowest BCUT2D eigenvalue weighted by Crippen LogP contribution is -2.35. The van der Waals surface area contributed by atoms with Crippen molar-refractivity contribution in [3.8, 4) is 0 Å². The van der Waals surface area contributed by atoms with Crippen molar-refractivity contribution in [1.29, 1.82) is 0 Å². The highest BCUT2D eigenvalue weighted by molar-refractivity contribution is 5.04. The minimum absolute atomic E-state index is 0.194. The van der Waals surface area contributed by atoms with Gasteiger partial charge in [0.25, 0.3) is 0 Å². The fraction of sp³-hybridized carbons (Fsp3) is 0.769. The number of aliphatic hydroxyl groups excluding tert-OH is 1. The Morgan fingerprint density at radius 1 is 1.50 bits per heavy atom. The smallest absolute Gasteiger partial charge is 0.162 e. The van der Waals surface area contributed by atoms with Crippen LogP contribution in [0.25, 0.3) is 0 Å². The molecule has 0 saturated heterocycles. The molecule has 0 bridgehead atoms. The molecule has 0 amide bonds. The first kappa shape index (κ1) is 13.5. The number of aliphatic hydroxyl groups is 1. The molecule has 2 rings (SSSR count). The Morgan fingerprint density at radius 3 is 2.94 bits per heavy atom. The van der Waals surface area contributed by atoms with Crippen LogP contribution in [-0.4, -0.2) is 41.5 Å². The molecule has 0 radical (unpaired) electrons. The summed E-state index contributed by atoms with van der Waals surface area (Å²) in [6, 6.07) is 2.52. The molecule has 1 heterocycles. The van der Waals surface area contributed by atoms with Gasteiger partial charge in [-0.2, -0.15) is 0 Å². The molecule has 1 N–H and O–H groups in total. The number of rotatable bonds is 7. The molecule has 18 heavy (non-hydrogen) atoms. The first-order valence-corrected chi connectivity index (χ1v) is 6.62. The summed E-state index contributed by atoms with van der Waals surface area (Å²) < 4.78 is 10.2. The van der Waals surface area contributed by atoms with Gasteiger partial charge < -0.3 is 14.4 Å². The third kappa shape index (κ3) is 3.54. The zero-order valence-corrected chi connectivity index (χ0v) is 11.0. The highest BCUT2D eigenvalue weighted by atomic mass is 16.5. The lowest BCUT2D eigenvalue weighted by molar-refractivity contribution is 0.140. The van der Waals surface area contributed by atoms with Gasteiger partial charge in [0.1, 0.15) is 6.61 Å². The molecule has 0 atom stereocenters. The molecule has 102 valence electrons. The largest absolute Gasteiger partial charge is 0.395 e. The number of aromatic nitrogens is 1. The van der Waals surface area contributed by atoms with Gasteiger partial charge in [0.2, 0.25) is 0 Å². The fourth-order valence-electron chi connectivity index (χ4n) is 2.64. The van der Waals surface area contributed by atoms with Crippen LogP contribution in [0.3, 0.4) is 0 Å². The predicted molar refractivity (Wildman–Crippen MR) is 67.0 cm³/mol. The first-order chi connectivity index (χ1) is 8.83. The van der Waals surface area contributed by atoms with Crippen LogP contribution >= 0.6 is 0 Å². The Hall–Kier alpha value is -0.910. The van der Waals surface area contributed by atoms with E-state index in [0.717, 1.165) is 18.0 Å². The standard InChI is InChI=1S/C13H22N2O3/c1-17-10-13-8-11(14-18-13)9-15(6-7-16)12-4-2-3-5-12/h8,12,16H,2-7,9-10H2,1H3. The van der Waals surface area contributed by atoms with Crippen molar-refractivity contribution in [3.05, 3.63) is 17.5 Å². The van der Waals surface area contributed by atoms with Crippen molar-refractivity contribution in [1.82, 2.24) is 10.1 Å². The minimum Gasteiger partial charge on any atom is -0.395 e. The van der Waals surface area contributed by atoms with Crippen LogP contribution in [0, 0.1) is 0 Å². The van der Waals surface area contributed by atoms with E-state index in [2.05, 4.69) is 10.1 Å². The second kappa shape index (κ2) is 6.87. The maximum Gasteiger partial charge on any atom is 0.162 e. The number of methoxy groups -OCH3 is 1. The summed E-state index contributed by atoms with van der Waals surface area (Å²) in [4.78, 5) is 2.31. The Kier molecular flexibility index (Phi) is 5.16. The van der Waals surface area contributed by atoms with Crippen molar-refractivity contribution >= 4 is 0 Å². The molecule has 5 heteroatoms. The van der Waals surface area contributed by atoms with Crippen molar-refractivity contribution in [2.45, 2.75) is 44.9 Å². The summed E-state index contributed by atoms with van der Waals surface area (Å²) >= 11 is 0. The average Bonchev–Trinajstić information content (AvgIpc) is 3.00. The lowest BCUT2D eigenvalue weighted by Gasteiger charge is -2.26. The third-order valence-corrected chi connectivity index (χ3v) is 3.49. The van der Waals surface area contributed by atoms with Crippen LogP contribution in [0.4, 0.5) is 0 Å². The van der Waals surface area contributed by atoms with Crippen LogP contribution in [0.1, 0.15) is 37.1 Å². The molecule has 0 aromatic carbocycles. The normalized spacial score (nSPS) is 16.8. The molecule has 1 aromatic heterocycles. The van der Waals surface area contributed by atoms with Gasteiger partial charge in [-0.15, -0.1) is 0 Å². The van der Waals surface area contributed by atoms with Crippen molar-refractivity contribution in [2.24, 2.45) is 0 Å². The topological polar surface area (TPSA) is 58.7 Å². The van der Waals surface area contributed by atoms with E-state index in [1.165, 1.54) is 25.7 Å². The third-order valence-electron chi connectivity index (χ3n) is 3.49. The molecule has 0 aliphatic heterocycles. The Morgan fingerprint density at radius 2 is 2.28 bits per heavy atom. The van der Waals surface area contributed by atoms with E-state index in [0.29, 0.717) is 19.2 Å². The summed E-state index contributed by atoms with van der Waals surface area (Å²) in [5.74, 6) is 0.753. The first-order valence-electron chi connectivity index (χ1n) is 6.62. The molecule has 0 unspecified atom stereocenters. The molecule has 0 spiro atoms. The second-order valence-electron chi connectivity index (χ2n) is 4.85. The predicted octanol–water partition coefficient (Wildman–Crippen LogP) is 1.56. The van der Waals surface area contributed by atoms with Crippen molar-refractivity contribution in [3.63, 3.8) is 0 Å². The van der Waals surface area contributed by atoms with Gasteiger partial charge in [0, 0.05) is 32.3 Å². The van der Waals surface area contributed by atoms with Crippen LogP contribution in [0.15, 0.2) is 10.6 Å². The SMILES string of the molecule is COCc1cc(CN(CCO)C2CCCC2)no1. The molecule has 1 fully saturated rings. The number of nitrogens with zero attached hydrogens (tertiary/aromatic N) is 2. The number of hydrogen-bond acceptors (Lipinski definition) is 5. The highest BCUT2D eigenvalue weighted by Gasteiger charge is 2.23. The van der Waals surface area contributed by atoms with E-state index in [1.54, 1.807) is 7.11 Å². The number of hydrogen-bond donors (Lipinski definition) is 1. The Labute approximate surface area is 108 Å². The van der Waals surface area contributed by atoms with E-state index in [-0.39, 0.29) is 6.61 Å². The van der Waals surface area contributed by atoms with Crippen molar-refractivity contribution < 1.29 is 14.4 Å². The summed E-state index contributed by atoms with van der Waals surface area (Å²) in [6.45, 7) is 2.10. The lowest BCUT2D eigenvalue weighted by atomic mass is 10.2. The molecular weight excluding hydrogens is 232 g/mol. The van der Waals surface area contributed by atoms with Gasteiger partial charge in [-0.3, -0.25) is 4.90 Å². The molecule has 1 aliphatic carbocycles. The van der Waals surface area contributed by atoms with Gasteiger partial charge in [0.15, 0.2) is 5.76 Å². The summed E-state index contributed by atoms with van der Waals surface area (Å²) in [5.41, 5.74) is 0.919. The Balaban J connectivity index is 1.93. The Bertz CT molecular complexity index is 348. The van der Waals surface area contributed by atoms with Gasteiger partial charge in [-0.1, -0.05) is 18.0 Å². The van der Waals surface area contributed by atoms with E-state index in [9.17, 15) is 0 Å². The van der Waals surface area contributed by atoms with E-state index in [1.807, 2.05) is 6.07 Å². The maximum atomic E-state index is 9.16. The highest BCUT2D eigenvalue weighted by Crippen LogP contribution is 2.24. The van der Waals surface area contributed by atoms with E-state index in [4.69, 9.17) is 14.4 Å². The molecule has 1 aromatic rings. The van der Waals surface area contributed by atoms with Crippen LogP contribution in [0.5, 0.6) is 0 Å². The fourth-order valence-corrected chi connectivity index (χ4v) is 2.64. The number of ether oxygens (including phenoxy) is 1. The van der Waals surface area contributed by atoms with Gasteiger partial charge >= 0.3 is 0 Å². The van der Waals surface area contributed by atoms with E-state index >= 15 is 0 Å².